The molecule has 0 radical (unpaired) electrons. The quantitative estimate of drug-likeness (QED) is 0.407. The van der Waals surface area contributed by atoms with Crippen molar-refractivity contribution >= 4 is 26.5 Å². The van der Waals surface area contributed by atoms with Crippen LogP contribution in [-0.2, 0) is 13.3 Å². The first-order valence-electron chi connectivity index (χ1n) is 4.42. The summed E-state index contributed by atoms with van der Waals surface area (Å²) in [5.74, 6) is 0. The van der Waals surface area contributed by atoms with Crippen molar-refractivity contribution in [1.29, 1.82) is 0 Å². The van der Waals surface area contributed by atoms with E-state index in [0.29, 0.717) is 13.0 Å². The molecule has 0 rings (SSSR count). The molecule has 0 aromatic rings. The fourth-order valence-corrected chi connectivity index (χ4v) is 5.89. The smallest absolute Gasteiger partial charge is 0.340 e. The molecule has 14 heavy (non-hydrogen) atoms. The van der Waals surface area contributed by atoms with Gasteiger partial charge in [-0.2, -0.15) is 0 Å². The molecule has 0 fully saturated rings. The zero-order valence-electron chi connectivity index (χ0n) is 9.17. The molecule has 0 spiro atoms. The molecule has 0 amide bonds. The molecule has 84 valence electrons. The van der Waals surface area contributed by atoms with Crippen LogP contribution >= 0.6 is 18.2 Å². The number of hydrogen-bond donors (Lipinski definition) is 0. The van der Waals surface area contributed by atoms with Crippen LogP contribution in [0.5, 0.6) is 0 Å². The number of rotatable bonds is 6. The highest BCUT2D eigenvalue weighted by Crippen LogP contribution is 2.55. The van der Waals surface area contributed by atoms with Crippen LogP contribution in [0, 0.1) is 0 Å². The summed E-state index contributed by atoms with van der Waals surface area (Å²) in [6.07, 6.45) is 0.645. The van der Waals surface area contributed by atoms with E-state index in [4.69, 9.17) is 20.0 Å². The molecule has 0 N–H and O–H groups in total. The van der Waals surface area contributed by atoms with E-state index in [1.165, 1.54) is 0 Å². The van der Waals surface area contributed by atoms with E-state index in [0.717, 1.165) is 5.57 Å². The van der Waals surface area contributed by atoms with E-state index in [-0.39, 0.29) is 0 Å². The number of hydrogen-bond acceptors (Lipinski definition) is 3. The topological polar surface area (TPSA) is 35.5 Å². The minimum atomic E-state index is -3.38. The van der Waals surface area contributed by atoms with Gasteiger partial charge < -0.3 is 4.21 Å². The van der Waals surface area contributed by atoms with Gasteiger partial charge in [0.1, 0.15) is 0 Å². The molecule has 0 aliphatic rings. The third-order valence-corrected chi connectivity index (χ3v) is 5.63. The van der Waals surface area contributed by atoms with Crippen LogP contribution in [0.2, 0.25) is 19.6 Å². The average molecular weight is 257 g/mol. The van der Waals surface area contributed by atoms with E-state index in [1.54, 1.807) is 0 Å². The molecular formula is C8H18ClO3PSi. The average Bonchev–Trinajstić information content (AvgIpc) is 1.78. The van der Waals surface area contributed by atoms with Crippen LogP contribution < -0.4 is 0 Å². The van der Waals surface area contributed by atoms with Crippen molar-refractivity contribution in [3.8, 4) is 0 Å². The molecule has 0 aromatic carbocycles. The molecule has 0 aromatic heterocycles. The Morgan fingerprint density at radius 2 is 2.00 bits per heavy atom. The highest BCUT2D eigenvalue weighted by Gasteiger charge is 2.29. The maximum Gasteiger partial charge on any atom is 0.414 e. The highest BCUT2D eigenvalue weighted by molar-refractivity contribution is 7.82. The van der Waals surface area contributed by atoms with Gasteiger partial charge in [-0.25, -0.2) is 4.57 Å². The maximum atomic E-state index is 11.5. The van der Waals surface area contributed by atoms with Crippen LogP contribution in [0.25, 0.3) is 0 Å². The molecule has 0 bridgehead atoms. The minimum Gasteiger partial charge on any atom is -0.340 e. The van der Waals surface area contributed by atoms with Crippen molar-refractivity contribution in [3.05, 3.63) is 12.2 Å². The summed E-state index contributed by atoms with van der Waals surface area (Å²) in [5, 5.41) is 0. The summed E-state index contributed by atoms with van der Waals surface area (Å²) in [5.41, 5.74) is 0.967. The third-order valence-electron chi connectivity index (χ3n) is 1.16. The van der Waals surface area contributed by atoms with Gasteiger partial charge in [-0.05, 0) is 33.0 Å². The van der Waals surface area contributed by atoms with Gasteiger partial charge in [0, 0.05) is 11.2 Å². The predicted molar refractivity (Wildman–Crippen MR) is 63.3 cm³/mol. The zero-order valence-corrected chi connectivity index (χ0v) is 11.8. The zero-order chi connectivity index (χ0) is 11.4. The van der Waals surface area contributed by atoms with Crippen molar-refractivity contribution in [2.24, 2.45) is 0 Å². The Bertz CT molecular complexity index is 249. The summed E-state index contributed by atoms with van der Waals surface area (Å²) in [6.45, 7) is 8.22. The van der Waals surface area contributed by atoms with Gasteiger partial charge in [0.2, 0.25) is 0 Å². The van der Waals surface area contributed by atoms with E-state index in [9.17, 15) is 4.57 Å². The lowest BCUT2D eigenvalue weighted by molar-refractivity contribution is 0.281. The molecule has 1 unspecified atom stereocenters. The molecule has 0 saturated carbocycles. The van der Waals surface area contributed by atoms with Crippen LogP contribution in [0.3, 0.4) is 0 Å². The van der Waals surface area contributed by atoms with Crippen LogP contribution in [0.15, 0.2) is 12.2 Å². The molecule has 3 nitrogen and oxygen atoms in total. The van der Waals surface area contributed by atoms with Gasteiger partial charge in [0.15, 0.2) is 8.32 Å². The monoisotopic (exact) mass is 256 g/mol. The summed E-state index contributed by atoms with van der Waals surface area (Å²) >= 11 is 5.62. The van der Waals surface area contributed by atoms with Gasteiger partial charge in [-0.15, -0.1) is 6.58 Å². The second-order valence-corrected chi connectivity index (χ2v) is 11.5. The third kappa shape index (κ3) is 8.97. The van der Waals surface area contributed by atoms with E-state index < -0.39 is 15.3 Å². The second kappa shape index (κ2) is 5.47. The Morgan fingerprint density at radius 3 is 2.36 bits per heavy atom. The van der Waals surface area contributed by atoms with E-state index in [1.807, 2.05) is 26.6 Å². The first kappa shape index (κ1) is 14.4. The van der Waals surface area contributed by atoms with Gasteiger partial charge in [0.25, 0.3) is 0 Å². The summed E-state index contributed by atoms with van der Waals surface area (Å²) in [6, 6.07) is 0. The Kier molecular flexibility index (Phi) is 5.63. The fourth-order valence-electron chi connectivity index (χ4n) is 0.682. The first-order valence-corrected chi connectivity index (χ1v) is 10.3. The van der Waals surface area contributed by atoms with Crippen molar-refractivity contribution < 1.29 is 13.3 Å². The molecule has 0 saturated heterocycles. The molecule has 0 aliphatic carbocycles. The van der Waals surface area contributed by atoms with Crippen molar-refractivity contribution in [1.82, 2.24) is 0 Å². The summed E-state index contributed by atoms with van der Waals surface area (Å²) in [4.78, 5) is 0. The lowest BCUT2D eigenvalue weighted by Crippen LogP contribution is -2.23. The molecule has 1 atom stereocenters. The minimum absolute atomic E-state index is 0.292. The first-order chi connectivity index (χ1) is 6.12. The summed E-state index contributed by atoms with van der Waals surface area (Å²) < 4.78 is 21.7. The van der Waals surface area contributed by atoms with Gasteiger partial charge in [-0.1, -0.05) is 5.57 Å². The Labute approximate surface area is 91.9 Å². The van der Waals surface area contributed by atoms with Crippen molar-refractivity contribution in [2.75, 3.05) is 6.61 Å². The molecular weight excluding hydrogens is 239 g/mol. The van der Waals surface area contributed by atoms with Gasteiger partial charge >= 0.3 is 6.95 Å². The Hall–Kier alpha value is 0.397. The van der Waals surface area contributed by atoms with Crippen LogP contribution in [-0.4, -0.2) is 14.9 Å². The lowest BCUT2D eigenvalue weighted by Gasteiger charge is -2.20. The van der Waals surface area contributed by atoms with Crippen molar-refractivity contribution in [3.63, 3.8) is 0 Å². The summed E-state index contributed by atoms with van der Waals surface area (Å²) in [7, 11) is -1.91. The largest absolute Gasteiger partial charge is 0.414 e. The predicted octanol–water partition coefficient (Wildman–Crippen LogP) is 4.17. The normalized spacial score (nSPS) is 16.4. The lowest BCUT2D eigenvalue weighted by atomic mass is 10.3. The van der Waals surface area contributed by atoms with E-state index >= 15 is 0 Å². The van der Waals surface area contributed by atoms with E-state index in [2.05, 4.69) is 6.58 Å². The molecule has 0 aliphatic heterocycles. The molecule has 6 heteroatoms. The number of halogens is 1. The van der Waals surface area contributed by atoms with Crippen LogP contribution in [0.1, 0.15) is 13.3 Å². The van der Waals surface area contributed by atoms with Crippen molar-refractivity contribution in [2.45, 2.75) is 33.0 Å². The Balaban J connectivity index is 3.96. The maximum absolute atomic E-state index is 11.5. The Morgan fingerprint density at radius 1 is 1.50 bits per heavy atom. The van der Waals surface area contributed by atoms with Gasteiger partial charge in [-0.3, -0.25) is 4.52 Å². The fraction of sp³-hybridized carbons (Fsp3) is 0.750. The van der Waals surface area contributed by atoms with Gasteiger partial charge in [0.05, 0.1) is 6.61 Å². The second-order valence-electron chi connectivity index (χ2n) is 4.17. The van der Waals surface area contributed by atoms with Crippen LogP contribution in [0.4, 0.5) is 0 Å². The molecule has 0 heterocycles. The highest BCUT2D eigenvalue weighted by atomic mass is 35.7. The SMILES string of the molecule is C=C(C)CCOP(=O)(Cl)O[Si](C)(C)C. The standard InChI is InChI=1S/C8H18ClO3PSi/c1-8(2)6-7-11-13(9,10)12-14(3,4)5/h1,6-7H2,2-5H3.